The number of rotatable bonds is 6. The van der Waals surface area contributed by atoms with Gasteiger partial charge in [-0.2, -0.15) is 0 Å². The van der Waals surface area contributed by atoms with Crippen LogP contribution in [0.4, 0.5) is 0 Å². The van der Waals surface area contributed by atoms with Gasteiger partial charge in [0.05, 0.1) is 0 Å². The average molecular weight is 257 g/mol. The lowest BCUT2D eigenvalue weighted by Gasteiger charge is -2.24. The van der Waals surface area contributed by atoms with E-state index in [1.54, 1.807) is 0 Å². The van der Waals surface area contributed by atoms with E-state index < -0.39 is 0 Å². The molecule has 2 unspecified atom stereocenters. The maximum Gasteiger partial charge on any atom is 0.0430 e. The summed E-state index contributed by atoms with van der Waals surface area (Å²) in [6.45, 7) is 4.69. The van der Waals surface area contributed by atoms with Crippen molar-refractivity contribution < 1.29 is 5.11 Å². The zero-order chi connectivity index (χ0) is 13.6. The Morgan fingerprint density at radius 2 is 1.67 bits per heavy atom. The van der Waals surface area contributed by atoms with Crippen LogP contribution in [-0.4, -0.2) is 24.8 Å². The predicted octanol–water partition coefficient (Wildman–Crippen LogP) is 4.12. The first kappa shape index (κ1) is 17.9. The van der Waals surface area contributed by atoms with Crippen LogP contribution in [0.2, 0.25) is 0 Å². The molecule has 2 nitrogen and oxygen atoms in total. The summed E-state index contributed by atoms with van der Waals surface area (Å²) in [5.41, 5.74) is 0. The second kappa shape index (κ2) is 13.4. The molecule has 1 aliphatic rings. The molecule has 0 radical (unpaired) electrons. The van der Waals surface area contributed by atoms with Gasteiger partial charge in [0.1, 0.15) is 0 Å². The highest BCUT2D eigenvalue weighted by atomic mass is 16.2. The topological polar surface area (TPSA) is 32.3 Å². The first-order valence-corrected chi connectivity index (χ1v) is 8.08. The van der Waals surface area contributed by atoms with Gasteiger partial charge in [-0.3, -0.25) is 0 Å². The van der Waals surface area contributed by atoms with Crippen molar-refractivity contribution in [2.75, 3.05) is 13.7 Å². The molecule has 1 saturated carbocycles. The molecule has 18 heavy (non-hydrogen) atoms. The number of unbranched alkanes of at least 4 members (excludes halogenated alkanes) is 2. The summed E-state index contributed by atoms with van der Waals surface area (Å²) in [4.78, 5) is 0. The van der Waals surface area contributed by atoms with Crippen LogP contribution in [0.15, 0.2) is 0 Å². The minimum Gasteiger partial charge on any atom is -0.396 e. The van der Waals surface area contributed by atoms with Crippen molar-refractivity contribution in [3.8, 4) is 0 Å². The molecule has 2 N–H and O–H groups in total. The zero-order valence-corrected chi connectivity index (χ0v) is 12.9. The second-order valence-electron chi connectivity index (χ2n) is 5.51. The summed E-state index contributed by atoms with van der Waals surface area (Å²) in [5.74, 6) is 0.965. The van der Waals surface area contributed by atoms with Crippen molar-refractivity contribution in [1.82, 2.24) is 5.32 Å². The quantitative estimate of drug-likeness (QED) is 0.701. The van der Waals surface area contributed by atoms with E-state index >= 15 is 0 Å². The molecule has 0 spiro atoms. The Bertz CT molecular complexity index is 159. The van der Waals surface area contributed by atoms with Crippen molar-refractivity contribution in [3.63, 3.8) is 0 Å². The molecule has 0 amide bonds. The van der Waals surface area contributed by atoms with Crippen molar-refractivity contribution in [2.45, 2.75) is 84.1 Å². The van der Waals surface area contributed by atoms with Gasteiger partial charge < -0.3 is 10.4 Å². The second-order valence-corrected chi connectivity index (χ2v) is 5.51. The Labute approximate surface area is 115 Å². The minimum atomic E-state index is 0.344. The normalized spacial score (nSPS) is 24.0. The summed E-state index contributed by atoms with van der Waals surface area (Å²) in [6, 6.07) is 0.814. The third-order valence-electron chi connectivity index (χ3n) is 3.97. The monoisotopic (exact) mass is 257 g/mol. The van der Waals surface area contributed by atoms with Crippen LogP contribution in [0.5, 0.6) is 0 Å². The Balaban J connectivity index is 0.000000494. The summed E-state index contributed by atoms with van der Waals surface area (Å²) in [7, 11) is 2.13. The van der Waals surface area contributed by atoms with Crippen LogP contribution in [0.25, 0.3) is 0 Å². The Morgan fingerprint density at radius 1 is 1.00 bits per heavy atom. The number of hydrogen-bond acceptors (Lipinski definition) is 2. The van der Waals surface area contributed by atoms with E-state index in [1.165, 1.54) is 51.4 Å². The van der Waals surface area contributed by atoms with Gasteiger partial charge in [-0.15, -0.1) is 0 Å². The molecule has 0 bridgehead atoms. The summed E-state index contributed by atoms with van der Waals surface area (Å²) < 4.78 is 0. The summed E-state index contributed by atoms with van der Waals surface area (Å²) >= 11 is 0. The first-order valence-electron chi connectivity index (χ1n) is 8.08. The van der Waals surface area contributed by atoms with Gasteiger partial charge in [0.25, 0.3) is 0 Å². The average Bonchev–Trinajstić information content (AvgIpc) is 2.62. The largest absolute Gasteiger partial charge is 0.396 e. The number of aliphatic hydroxyl groups excluding tert-OH is 1. The van der Waals surface area contributed by atoms with Gasteiger partial charge in [0.15, 0.2) is 0 Å². The van der Waals surface area contributed by atoms with Gasteiger partial charge in [-0.25, -0.2) is 0 Å². The molecule has 2 heteroatoms. The van der Waals surface area contributed by atoms with Crippen molar-refractivity contribution >= 4 is 0 Å². The Hall–Kier alpha value is -0.0800. The number of nitrogens with one attached hydrogen (secondary N) is 1. The molecule has 1 aliphatic carbocycles. The SMILES string of the molecule is CCCCC1CCCCCC1NC.CCCCO. The summed E-state index contributed by atoms with van der Waals surface area (Å²) in [6.07, 6.45) is 13.5. The van der Waals surface area contributed by atoms with E-state index in [2.05, 4.69) is 26.2 Å². The van der Waals surface area contributed by atoms with Crippen LogP contribution in [0.1, 0.15) is 78.1 Å². The van der Waals surface area contributed by atoms with E-state index in [9.17, 15) is 0 Å². The Kier molecular flexibility index (Phi) is 13.3. The molecule has 0 saturated heterocycles. The van der Waals surface area contributed by atoms with E-state index in [0.717, 1.165) is 24.8 Å². The van der Waals surface area contributed by atoms with E-state index in [0.29, 0.717) is 6.61 Å². The van der Waals surface area contributed by atoms with Crippen LogP contribution in [0, 0.1) is 5.92 Å². The molecule has 0 aromatic heterocycles. The standard InChI is InChI=1S/C12H25N.C4H10O/c1-3-4-8-11-9-6-5-7-10-12(11)13-2;1-2-3-4-5/h11-13H,3-10H2,1-2H3;5H,2-4H2,1H3. The van der Waals surface area contributed by atoms with Gasteiger partial charge in [0, 0.05) is 12.6 Å². The van der Waals surface area contributed by atoms with Crippen LogP contribution in [0.3, 0.4) is 0 Å². The molecule has 0 aromatic rings. The fraction of sp³-hybridized carbons (Fsp3) is 1.00. The number of aliphatic hydroxyl groups is 1. The van der Waals surface area contributed by atoms with Crippen LogP contribution >= 0.6 is 0 Å². The molecule has 0 heterocycles. The molecular weight excluding hydrogens is 222 g/mol. The molecule has 0 aromatic carbocycles. The Morgan fingerprint density at radius 3 is 2.17 bits per heavy atom. The highest BCUT2D eigenvalue weighted by Gasteiger charge is 2.21. The lowest BCUT2D eigenvalue weighted by Crippen LogP contribution is -2.32. The van der Waals surface area contributed by atoms with Crippen LogP contribution in [-0.2, 0) is 0 Å². The fourth-order valence-corrected chi connectivity index (χ4v) is 2.73. The molecule has 2 atom stereocenters. The van der Waals surface area contributed by atoms with Gasteiger partial charge in [-0.05, 0) is 38.6 Å². The van der Waals surface area contributed by atoms with Crippen LogP contribution < -0.4 is 5.32 Å². The molecule has 1 fully saturated rings. The van der Waals surface area contributed by atoms with Crippen molar-refractivity contribution in [3.05, 3.63) is 0 Å². The van der Waals surface area contributed by atoms with E-state index in [1.807, 2.05) is 0 Å². The van der Waals surface area contributed by atoms with Crippen molar-refractivity contribution in [1.29, 1.82) is 0 Å². The van der Waals surface area contributed by atoms with Gasteiger partial charge >= 0.3 is 0 Å². The molecule has 1 rings (SSSR count). The van der Waals surface area contributed by atoms with E-state index in [-0.39, 0.29) is 0 Å². The fourth-order valence-electron chi connectivity index (χ4n) is 2.73. The van der Waals surface area contributed by atoms with Gasteiger partial charge in [0.2, 0.25) is 0 Å². The summed E-state index contributed by atoms with van der Waals surface area (Å²) in [5, 5.41) is 11.6. The van der Waals surface area contributed by atoms with E-state index in [4.69, 9.17) is 5.11 Å². The highest BCUT2D eigenvalue weighted by molar-refractivity contribution is 4.78. The molecule has 0 aliphatic heterocycles. The maximum atomic E-state index is 8.07. The van der Waals surface area contributed by atoms with Crippen molar-refractivity contribution in [2.24, 2.45) is 5.92 Å². The number of hydrogen-bond donors (Lipinski definition) is 2. The first-order chi connectivity index (χ1) is 8.79. The molecule has 110 valence electrons. The highest BCUT2D eigenvalue weighted by Crippen LogP contribution is 2.27. The predicted molar refractivity (Wildman–Crippen MR) is 80.9 cm³/mol. The maximum absolute atomic E-state index is 8.07. The smallest absolute Gasteiger partial charge is 0.0430 e. The third kappa shape index (κ3) is 8.93. The molecular formula is C16H35NO. The van der Waals surface area contributed by atoms with Gasteiger partial charge in [-0.1, -0.05) is 52.4 Å². The zero-order valence-electron chi connectivity index (χ0n) is 12.9. The lowest BCUT2D eigenvalue weighted by atomic mass is 9.90. The minimum absolute atomic E-state index is 0.344. The lowest BCUT2D eigenvalue weighted by molar-refractivity contribution is 0.287. The third-order valence-corrected chi connectivity index (χ3v) is 3.97.